The first-order chi connectivity index (χ1) is 10.6. The molecular weight excluding hydrogens is 280 g/mol. The molecule has 0 aromatic heterocycles. The summed E-state index contributed by atoms with van der Waals surface area (Å²) < 4.78 is 0. The first kappa shape index (κ1) is 15.4. The molecule has 6 nitrogen and oxygen atoms in total. The Morgan fingerprint density at radius 3 is 2.73 bits per heavy atom. The summed E-state index contributed by atoms with van der Waals surface area (Å²) in [4.78, 5) is 15.7. The minimum absolute atomic E-state index is 0.230. The summed E-state index contributed by atoms with van der Waals surface area (Å²) in [6, 6.07) is 6.09. The molecule has 0 saturated carbocycles. The highest BCUT2D eigenvalue weighted by atomic mass is 16.6. The fraction of sp³-hybridized carbons (Fsp3) is 0.625. The Hall–Kier alpha value is -1.50. The van der Waals surface area contributed by atoms with Crippen molar-refractivity contribution in [2.45, 2.75) is 25.9 Å². The summed E-state index contributed by atoms with van der Waals surface area (Å²) in [6.45, 7) is 9.19. The summed E-state index contributed by atoms with van der Waals surface area (Å²) in [5, 5.41) is 14.5. The van der Waals surface area contributed by atoms with Crippen LogP contribution in [0.3, 0.4) is 0 Å². The molecule has 2 saturated heterocycles. The number of piperazine rings is 1. The molecule has 2 fully saturated rings. The van der Waals surface area contributed by atoms with Gasteiger partial charge in [0.05, 0.1) is 4.92 Å². The molecule has 0 spiro atoms. The Morgan fingerprint density at radius 1 is 1.32 bits per heavy atom. The lowest BCUT2D eigenvalue weighted by molar-refractivity contribution is -0.385. The molecule has 6 heteroatoms. The fourth-order valence-corrected chi connectivity index (χ4v) is 3.52. The average Bonchev–Trinajstić information content (AvgIpc) is 3.04. The molecule has 2 heterocycles. The Kier molecular flexibility index (Phi) is 4.71. The zero-order valence-electron chi connectivity index (χ0n) is 13.1. The quantitative estimate of drug-likeness (QED) is 0.673. The molecule has 0 radical (unpaired) electrons. The molecule has 0 amide bonds. The summed E-state index contributed by atoms with van der Waals surface area (Å²) >= 11 is 0. The summed E-state index contributed by atoms with van der Waals surface area (Å²) in [7, 11) is 0. The van der Waals surface area contributed by atoms with Gasteiger partial charge in [-0.05, 0) is 25.5 Å². The van der Waals surface area contributed by atoms with Gasteiger partial charge in [0.2, 0.25) is 0 Å². The van der Waals surface area contributed by atoms with E-state index in [1.165, 1.54) is 6.42 Å². The topological polar surface area (TPSA) is 61.6 Å². The second-order valence-corrected chi connectivity index (χ2v) is 6.28. The van der Waals surface area contributed by atoms with Crippen LogP contribution in [0.5, 0.6) is 0 Å². The molecule has 22 heavy (non-hydrogen) atoms. The van der Waals surface area contributed by atoms with Crippen LogP contribution < -0.4 is 5.32 Å². The lowest BCUT2D eigenvalue weighted by atomic mass is 10.1. The van der Waals surface area contributed by atoms with E-state index in [9.17, 15) is 10.1 Å². The second-order valence-electron chi connectivity index (χ2n) is 6.28. The predicted octanol–water partition coefficient (Wildman–Crippen LogP) is 1.38. The van der Waals surface area contributed by atoms with Gasteiger partial charge in [-0.2, -0.15) is 0 Å². The second kappa shape index (κ2) is 6.73. The van der Waals surface area contributed by atoms with E-state index in [2.05, 4.69) is 15.1 Å². The molecule has 1 aromatic rings. The smallest absolute Gasteiger partial charge is 0.272 e. The molecular formula is C16H24N4O2. The van der Waals surface area contributed by atoms with Crippen LogP contribution in [0.2, 0.25) is 0 Å². The number of nitro groups is 1. The number of rotatable bonds is 4. The third-order valence-electron chi connectivity index (χ3n) is 4.97. The van der Waals surface area contributed by atoms with Crippen LogP contribution in [0.15, 0.2) is 18.2 Å². The molecule has 120 valence electrons. The SMILES string of the molecule is Cc1c(CN2CCN(C3CCNC3)CC2)cccc1[N+](=O)[O-]. The maximum Gasteiger partial charge on any atom is 0.272 e. The molecule has 1 unspecified atom stereocenters. The zero-order valence-corrected chi connectivity index (χ0v) is 13.1. The third-order valence-corrected chi connectivity index (χ3v) is 4.97. The van der Waals surface area contributed by atoms with Crippen molar-refractivity contribution in [1.29, 1.82) is 0 Å². The van der Waals surface area contributed by atoms with E-state index in [0.717, 1.165) is 56.9 Å². The molecule has 0 bridgehead atoms. The van der Waals surface area contributed by atoms with Crippen molar-refractivity contribution >= 4 is 5.69 Å². The van der Waals surface area contributed by atoms with Crippen LogP contribution in [0.4, 0.5) is 5.69 Å². The standard InChI is InChI=1S/C16H24N4O2/c1-13-14(3-2-4-16(13)20(21)22)12-18-7-9-19(10-8-18)15-5-6-17-11-15/h2-4,15,17H,5-12H2,1H3. The van der Waals surface area contributed by atoms with E-state index in [4.69, 9.17) is 0 Å². The van der Waals surface area contributed by atoms with Gasteiger partial charge in [-0.25, -0.2) is 0 Å². The minimum Gasteiger partial charge on any atom is -0.315 e. The van der Waals surface area contributed by atoms with Crippen LogP contribution in [-0.4, -0.2) is 60.0 Å². The monoisotopic (exact) mass is 304 g/mol. The Labute approximate surface area is 131 Å². The number of hydrogen-bond acceptors (Lipinski definition) is 5. The van der Waals surface area contributed by atoms with E-state index < -0.39 is 0 Å². The van der Waals surface area contributed by atoms with E-state index in [1.807, 2.05) is 13.0 Å². The van der Waals surface area contributed by atoms with Crippen molar-refractivity contribution in [1.82, 2.24) is 15.1 Å². The third kappa shape index (κ3) is 3.29. The highest BCUT2D eigenvalue weighted by Crippen LogP contribution is 2.23. The zero-order chi connectivity index (χ0) is 15.5. The van der Waals surface area contributed by atoms with Crippen molar-refractivity contribution in [3.63, 3.8) is 0 Å². The Morgan fingerprint density at radius 2 is 2.09 bits per heavy atom. The summed E-state index contributed by atoms with van der Waals surface area (Å²) in [6.07, 6.45) is 1.25. The van der Waals surface area contributed by atoms with Crippen molar-refractivity contribution < 1.29 is 4.92 Å². The molecule has 1 atom stereocenters. The maximum absolute atomic E-state index is 11.0. The normalized spacial score (nSPS) is 23.8. The van der Waals surface area contributed by atoms with Gasteiger partial charge in [0.1, 0.15) is 0 Å². The van der Waals surface area contributed by atoms with Crippen molar-refractivity contribution in [3.8, 4) is 0 Å². The lowest BCUT2D eigenvalue weighted by Crippen LogP contribution is -2.50. The molecule has 0 aliphatic carbocycles. The van der Waals surface area contributed by atoms with Crippen LogP contribution in [0.1, 0.15) is 17.5 Å². The number of hydrogen-bond donors (Lipinski definition) is 1. The van der Waals surface area contributed by atoms with Gasteiger partial charge in [-0.15, -0.1) is 0 Å². The summed E-state index contributed by atoms with van der Waals surface area (Å²) in [5.41, 5.74) is 2.10. The highest BCUT2D eigenvalue weighted by Gasteiger charge is 2.26. The largest absolute Gasteiger partial charge is 0.315 e. The van der Waals surface area contributed by atoms with Gasteiger partial charge >= 0.3 is 0 Å². The van der Waals surface area contributed by atoms with Crippen LogP contribution in [0, 0.1) is 17.0 Å². The van der Waals surface area contributed by atoms with Crippen molar-refractivity contribution in [2.24, 2.45) is 0 Å². The van der Waals surface area contributed by atoms with E-state index in [1.54, 1.807) is 12.1 Å². The number of nitrogens with zero attached hydrogens (tertiary/aromatic N) is 3. The minimum atomic E-state index is -0.288. The number of benzene rings is 1. The summed E-state index contributed by atoms with van der Waals surface area (Å²) in [5.74, 6) is 0. The van der Waals surface area contributed by atoms with E-state index >= 15 is 0 Å². The average molecular weight is 304 g/mol. The molecule has 1 N–H and O–H groups in total. The van der Waals surface area contributed by atoms with E-state index in [-0.39, 0.29) is 10.6 Å². The van der Waals surface area contributed by atoms with Gasteiger partial charge in [0, 0.05) is 56.9 Å². The molecule has 1 aromatic carbocycles. The maximum atomic E-state index is 11.0. The van der Waals surface area contributed by atoms with E-state index in [0.29, 0.717) is 6.04 Å². The lowest BCUT2D eigenvalue weighted by Gasteiger charge is -2.38. The van der Waals surface area contributed by atoms with Crippen LogP contribution in [-0.2, 0) is 6.54 Å². The highest BCUT2D eigenvalue weighted by molar-refractivity contribution is 5.44. The van der Waals surface area contributed by atoms with Gasteiger partial charge in [-0.3, -0.25) is 19.9 Å². The van der Waals surface area contributed by atoms with Crippen LogP contribution in [0.25, 0.3) is 0 Å². The van der Waals surface area contributed by atoms with Gasteiger partial charge in [0.25, 0.3) is 5.69 Å². The Balaban J connectivity index is 1.59. The molecule has 2 aliphatic rings. The molecule has 2 aliphatic heterocycles. The fourth-order valence-electron chi connectivity index (χ4n) is 3.52. The first-order valence-corrected chi connectivity index (χ1v) is 8.05. The molecule has 3 rings (SSSR count). The van der Waals surface area contributed by atoms with Gasteiger partial charge in [0.15, 0.2) is 0 Å². The van der Waals surface area contributed by atoms with Crippen molar-refractivity contribution in [2.75, 3.05) is 39.3 Å². The van der Waals surface area contributed by atoms with Crippen molar-refractivity contribution in [3.05, 3.63) is 39.4 Å². The van der Waals surface area contributed by atoms with Gasteiger partial charge in [-0.1, -0.05) is 12.1 Å². The number of nitro benzene ring substituents is 1. The first-order valence-electron chi connectivity index (χ1n) is 8.05. The predicted molar refractivity (Wildman–Crippen MR) is 86.0 cm³/mol. The van der Waals surface area contributed by atoms with Crippen LogP contribution >= 0.6 is 0 Å². The Bertz CT molecular complexity index is 535. The van der Waals surface area contributed by atoms with Gasteiger partial charge < -0.3 is 5.32 Å². The number of nitrogens with one attached hydrogen (secondary N) is 1.